The molecule has 0 aliphatic heterocycles. The third-order valence-electron chi connectivity index (χ3n) is 11.7. The highest BCUT2D eigenvalue weighted by molar-refractivity contribution is 6.23. The van der Waals surface area contributed by atoms with Crippen LogP contribution in [0.25, 0.3) is 98.9 Å². The molecule has 11 rings (SSSR count). The molecule has 0 atom stereocenters. The second-order valence-electron chi connectivity index (χ2n) is 15.4. The Morgan fingerprint density at radius 2 is 0.804 bits per heavy atom. The smallest absolute Gasteiger partial charge is 0.160 e. The molecule has 4 heterocycles. The molecule has 6 heteroatoms. The number of nitrogens with zero attached hydrogens (tertiary/aromatic N) is 4. The number of nitriles is 2. The highest BCUT2D eigenvalue weighted by atomic mass is 16.3. The van der Waals surface area contributed by atoms with E-state index in [-0.39, 0.29) is 11.8 Å². The Morgan fingerprint density at radius 3 is 1.23 bits per heavy atom. The molecule has 11 aromatic rings. The number of benzene rings is 7. The van der Waals surface area contributed by atoms with E-state index in [1.807, 2.05) is 48.5 Å². The molecular formula is C50H34N4O2. The summed E-state index contributed by atoms with van der Waals surface area (Å²) in [5, 5.41) is 31.3. The lowest BCUT2D eigenvalue weighted by atomic mass is 9.83. The van der Waals surface area contributed by atoms with Crippen molar-refractivity contribution in [3.05, 3.63) is 144 Å². The number of para-hydroxylation sites is 4. The van der Waals surface area contributed by atoms with Gasteiger partial charge in [-0.25, -0.2) is 0 Å². The molecule has 4 aromatic heterocycles. The van der Waals surface area contributed by atoms with Gasteiger partial charge in [0.1, 0.15) is 23.3 Å². The van der Waals surface area contributed by atoms with Crippen LogP contribution in [-0.4, -0.2) is 9.13 Å². The van der Waals surface area contributed by atoms with Crippen molar-refractivity contribution < 1.29 is 8.83 Å². The first-order valence-electron chi connectivity index (χ1n) is 19.1. The minimum Gasteiger partial charge on any atom is -0.454 e. The van der Waals surface area contributed by atoms with E-state index in [1.165, 1.54) is 0 Å². The monoisotopic (exact) mass is 722 g/mol. The van der Waals surface area contributed by atoms with Gasteiger partial charge in [-0.2, -0.15) is 10.5 Å². The van der Waals surface area contributed by atoms with E-state index in [1.54, 1.807) is 0 Å². The Hall–Kier alpha value is -7.28. The minimum atomic E-state index is -0.103. The molecule has 0 saturated heterocycles. The lowest BCUT2D eigenvalue weighted by Gasteiger charge is -2.27. The summed E-state index contributed by atoms with van der Waals surface area (Å²) in [4.78, 5) is 0. The molecule has 266 valence electrons. The van der Waals surface area contributed by atoms with Crippen LogP contribution in [-0.2, 0) is 0 Å². The Bertz CT molecular complexity index is 3530. The summed E-state index contributed by atoms with van der Waals surface area (Å²) in [7, 11) is 0. The molecule has 0 aliphatic carbocycles. The Morgan fingerprint density at radius 1 is 0.429 bits per heavy atom. The van der Waals surface area contributed by atoms with E-state index < -0.39 is 0 Å². The fourth-order valence-electron chi connectivity index (χ4n) is 9.50. The van der Waals surface area contributed by atoms with Gasteiger partial charge in [-0.1, -0.05) is 113 Å². The molecule has 7 aromatic carbocycles. The second kappa shape index (κ2) is 11.6. The zero-order chi connectivity index (χ0) is 38.0. The molecular weight excluding hydrogens is 689 g/mol. The fourth-order valence-corrected chi connectivity index (χ4v) is 9.50. The number of furan rings is 2. The van der Waals surface area contributed by atoms with E-state index in [9.17, 15) is 10.5 Å². The van der Waals surface area contributed by atoms with Crippen LogP contribution in [0.3, 0.4) is 0 Å². The van der Waals surface area contributed by atoms with Crippen molar-refractivity contribution in [1.29, 1.82) is 10.5 Å². The SMILES string of the molecule is CC(C)c1c(C#N)c(-n2c3ccccc3c3ccc4c5ccccc5oc4c32)c(C#N)c(C(C)C)c1-n1c2ccccc2c2ccc3c4ccccc4oc3c21. The van der Waals surface area contributed by atoms with E-state index in [4.69, 9.17) is 8.83 Å². The van der Waals surface area contributed by atoms with E-state index in [0.29, 0.717) is 16.8 Å². The summed E-state index contributed by atoms with van der Waals surface area (Å²) < 4.78 is 17.9. The van der Waals surface area contributed by atoms with E-state index in [2.05, 4.69) is 122 Å². The van der Waals surface area contributed by atoms with Crippen molar-refractivity contribution in [2.24, 2.45) is 0 Å². The van der Waals surface area contributed by atoms with E-state index in [0.717, 1.165) is 104 Å². The van der Waals surface area contributed by atoms with Crippen LogP contribution in [0.2, 0.25) is 0 Å². The predicted molar refractivity (Wildman–Crippen MR) is 227 cm³/mol. The molecule has 0 fully saturated rings. The van der Waals surface area contributed by atoms with Gasteiger partial charge in [-0.15, -0.1) is 0 Å². The van der Waals surface area contributed by atoms with Gasteiger partial charge < -0.3 is 18.0 Å². The van der Waals surface area contributed by atoms with Gasteiger partial charge in [0.05, 0.1) is 44.6 Å². The molecule has 0 radical (unpaired) electrons. The fraction of sp³-hybridized carbons (Fsp3) is 0.120. The maximum absolute atomic E-state index is 11.6. The number of hydrogen-bond donors (Lipinski definition) is 0. The van der Waals surface area contributed by atoms with Crippen molar-refractivity contribution in [3.8, 4) is 23.5 Å². The summed E-state index contributed by atoms with van der Waals surface area (Å²) in [5.74, 6) is -0.205. The van der Waals surface area contributed by atoms with Gasteiger partial charge >= 0.3 is 0 Å². The van der Waals surface area contributed by atoms with Crippen LogP contribution in [0.5, 0.6) is 0 Å². The topological polar surface area (TPSA) is 83.7 Å². The van der Waals surface area contributed by atoms with Gasteiger partial charge in [0.2, 0.25) is 0 Å². The zero-order valence-electron chi connectivity index (χ0n) is 31.3. The van der Waals surface area contributed by atoms with Crippen LogP contribution in [0.4, 0.5) is 0 Å². The molecule has 0 spiro atoms. The van der Waals surface area contributed by atoms with Gasteiger partial charge in [0.25, 0.3) is 0 Å². The molecule has 0 amide bonds. The van der Waals surface area contributed by atoms with Crippen molar-refractivity contribution in [3.63, 3.8) is 0 Å². The van der Waals surface area contributed by atoms with Crippen LogP contribution in [0.1, 0.15) is 61.8 Å². The number of aromatic nitrogens is 2. The molecule has 0 bridgehead atoms. The first kappa shape index (κ1) is 32.2. The third kappa shape index (κ3) is 4.08. The minimum absolute atomic E-state index is 0.103. The van der Waals surface area contributed by atoms with Gasteiger partial charge in [0, 0.05) is 43.1 Å². The number of rotatable bonds is 4. The highest BCUT2D eigenvalue weighted by Gasteiger charge is 2.33. The quantitative estimate of drug-likeness (QED) is 0.181. The highest BCUT2D eigenvalue weighted by Crippen LogP contribution is 2.48. The van der Waals surface area contributed by atoms with Crippen LogP contribution < -0.4 is 0 Å². The van der Waals surface area contributed by atoms with Gasteiger partial charge in [-0.05, 0) is 59.4 Å². The third-order valence-corrected chi connectivity index (χ3v) is 11.7. The lowest BCUT2D eigenvalue weighted by molar-refractivity contribution is 0.670. The summed E-state index contributed by atoms with van der Waals surface area (Å²) in [6.07, 6.45) is 0. The average molecular weight is 723 g/mol. The summed E-state index contributed by atoms with van der Waals surface area (Å²) in [5.41, 5.74) is 10.9. The van der Waals surface area contributed by atoms with Crippen molar-refractivity contribution in [2.45, 2.75) is 39.5 Å². The molecule has 6 nitrogen and oxygen atoms in total. The Labute approximate surface area is 321 Å². The standard InChI is InChI=1S/C50H34N4O2/c1-27(2)43-37(25-51)45(53-39-17-9-5-13-29(39)33-21-23-35-31-15-7-11-19-41(31)55-49(35)46(33)53)38(26-52)44(28(3)4)48(43)54-40-18-10-6-14-30(40)34-22-24-36-32-16-8-12-20-42(32)56-50(36)47(34)54/h5-24,27-28H,1-4H3. The Balaban J connectivity index is 1.38. The average Bonchev–Trinajstić information content (AvgIpc) is 3.97. The molecule has 0 saturated carbocycles. The molecule has 0 N–H and O–H groups in total. The lowest BCUT2D eigenvalue weighted by Crippen LogP contribution is -2.16. The van der Waals surface area contributed by atoms with Crippen molar-refractivity contribution in [1.82, 2.24) is 9.13 Å². The van der Waals surface area contributed by atoms with Crippen molar-refractivity contribution >= 4 is 87.5 Å². The van der Waals surface area contributed by atoms with Gasteiger partial charge in [0.15, 0.2) is 11.2 Å². The van der Waals surface area contributed by atoms with Crippen LogP contribution in [0.15, 0.2) is 130 Å². The maximum atomic E-state index is 11.6. The summed E-state index contributed by atoms with van der Waals surface area (Å²) in [6, 6.07) is 46.9. The normalized spacial score (nSPS) is 12.2. The largest absolute Gasteiger partial charge is 0.454 e. The summed E-state index contributed by atoms with van der Waals surface area (Å²) in [6.45, 7) is 8.59. The van der Waals surface area contributed by atoms with Crippen molar-refractivity contribution in [2.75, 3.05) is 0 Å². The predicted octanol–water partition coefficient (Wildman–Crippen LogP) is 13.7. The van der Waals surface area contributed by atoms with Crippen LogP contribution >= 0.6 is 0 Å². The first-order chi connectivity index (χ1) is 27.4. The summed E-state index contributed by atoms with van der Waals surface area (Å²) >= 11 is 0. The first-order valence-corrected chi connectivity index (χ1v) is 19.1. The number of fused-ring (bicyclic) bond motifs is 14. The number of hydrogen-bond acceptors (Lipinski definition) is 4. The van der Waals surface area contributed by atoms with Crippen LogP contribution in [0, 0.1) is 22.7 Å². The van der Waals surface area contributed by atoms with Gasteiger partial charge in [-0.3, -0.25) is 0 Å². The van der Waals surface area contributed by atoms with E-state index >= 15 is 0 Å². The Kier molecular flexibility index (Phi) is 6.67. The second-order valence-corrected chi connectivity index (χ2v) is 15.4. The maximum Gasteiger partial charge on any atom is 0.160 e. The molecule has 56 heavy (non-hydrogen) atoms. The zero-order valence-corrected chi connectivity index (χ0v) is 31.3. The molecule has 0 unspecified atom stereocenters. The molecule has 0 aliphatic rings.